The Morgan fingerprint density at radius 2 is 2.35 bits per heavy atom. The van der Waals surface area contributed by atoms with E-state index in [1.807, 2.05) is 11.4 Å². The minimum atomic E-state index is -3.17. The number of hydrogen-bond donors (Lipinski definition) is 1. The molecule has 0 saturated carbocycles. The van der Waals surface area contributed by atoms with E-state index in [-0.39, 0.29) is 5.25 Å². The molecule has 1 aromatic rings. The maximum absolute atomic E-state index is 12.3. The molecule has 1 N–H and O–H groups in total. The molecule has 1 aliphatic heterocycles. The van der Waals surface area contributed by atoms with Gasteiger partial charge in [0, 0.05) is 24.5 Å². The van der Waals surface area contributed by atoms with Crippen molar-refractivity contribution in [1.29, 1.82) is 0 Å². The average Bonchev–Trinajstić information content (AvgIpc) is 2.76. The van der Waals surface area contributed by atoms with Gasteiger partial charge in [0.25, 0.3) is 0 Å². The predicted molar refractivity (Wildman–Crippen MR) is 70.7 cm³/mol. The van der Waals surface area contributed by atoms with Gasteiger partial charge >= 0.3 is 0 Å². The largest absolute Gasteiger partial charge is 0.318 e. The third-order valence-electron chi connectivity index (χ3n) is 3.13. The van der Waals surface area contributed by atoms with Gasteiger partial charge in [0.05, 0.1) is 5.25 Å². The molecule has 1 atom stereocenters. The highest BCUT2D eigenvalue weighted by Crippen LogP contribution is 2.26. The van der Waals surface area contributed by atoms with E-state index < -0.39 is 10.0 Å². The first kappa shape index (κ1) is 13.0. The van der Waals surface area contributed by atoms with Crippen LogP contribution >= 0.6 is 11.3 Å². The fourth-order valence-electron chi connectivity index (χ4n) is 2.09. The molecule has 0 fully saturated rings. The highest BCUT2D eigenvalue weighted by atomic mass is 32.2. The molecule has 2 heterocycles. The van der Waals surface area contributed by atoms with Crippen molar-refractivity contribution in [2.24, 2.45) is 0 Å². The number of sulfonamides is 1. The third-order valence-corrected chi connectivity index (χ3v) is 6.37. The quantitative estimate of drug-likeness (QED) is 0.892. The minimum absolute atomic E-state index is 0.368. The summed E-state index contributed by atoms with van der Waals surface area (Å²) in [5.74, 6) is 0. The van der Waals surface area contributed by atoms with Gasteiger partial charge in [-0.2, -0.15) is 4.31 Å². The van der Waals surface area contributed by atoms with E-state index in [1.54, 1.807) is 29.6 Å². The summed E-state index contributed by atoms with van der Waals surface area (Å²) in [7, 11) is -1.39. The Balaban J connectivity index is 2.15. The first-order valence-corrected chi connectivity index (χ1v) is 8.13. The van der Waals surface area contributed by atoms with Crippen LogP contribution in [0.15, 0.2) is 11.4 Å². The average molecular weight is 274 g/mol. The molecule has 1 aliphatic rings. The Hall–Kier alpha value is -0.430. The van der Waals surface area contributed by atoms with E-state index in [2.05, 4.69) is 5.32 Å². The van der Waals surface area contributed by atoms with Crippen molar-refractivity contribution >= 4 is 21.4 Å². The van der Waals surface area contributed by atoms with Gasteiger partial charge in [0.15, 0.2) is 0 Å². The molecule has 17 heavy (non-hydrogen) atoms. The van der Waals surface area contributed by atoms with Gasteiger partial charge in [0.2, 0.25) is 10.0 Å². The second-order valence-electron chi connectivity index (χ2n) is 4.37. The molecular formula is C11H18N2O2S2. The molecule has 0 bridgehead atoms. The summed E-state index contributed by atoms with van der Waals surface area (Å²) < 4.78 is 26.2. The van der Waals surface area contributed by atoms with Crippen LogP contribution in [0.1, 0.15) is 17.4 Å². The summed E-state index contributed by atoms with van der Waals surface area (Å²) in [6.07, 6.45) is 0.846. The van der Waals surface area contributed by atoms with E-state index in [0.717, 1.165) is 6.42 Å². The van der Waals surface area contributed by atoms with Crippen LogP contribution in [0.2, 0.25) is 0 Å². The molecule has 0 spiro atoms. The second-order valence-corrected chi connectivity index (χ2v) is 7.72. The summed E-state index contributed by atoms with van der Waals surface area (Å²) in [5, 5.41) is 4.59. The number of rotatable bonds is 4. The molecule has 2 rings (SSSR count). The molecule has 1 unspecified atom stereocenters. The van der Waals surface area contributed by atoms with Gasteiger partial charge in [-0.05, 0) is 37.4 Å². The van der Waals surface area contributed by atoms with Gasteiger partial charge in [-0.15, -0.1) is 11.3 Å². The zero-order valence-corrected chi connectivity index (χ0v) is 11.8. The Kier molecular flexibility index (Phi) is 3.87. The lowest BCUT2D eigenvalue weighted by atomic mass is 10.1. The summed E-state index contributed by atoms with van der Waals surface area (Å²) in [6.45, 7) is 3.41. The van der Waals surface area contributed by atoms with Crippen molar-refractivity contribution in [2.45, 2.75) is 25.1 Å². The fraction of sp³-hybridized carbons (Fsp3) is 0.636. The third kappa shape index (κ3) is 2.54. The van der Waals surface area contributed by atoms with Crippen molar-refractivity contribution in [2.75, 3.05) is 20.1 Å². The SMILES string of the molecule is CNCC(C)S(=O)(=O)N1CCc2sccc2C1. The van der Waals surface area contributed by atoms with Gasteiger partial charge < -0.3 is 5.32 Å². The minimum Gasteiger partial charge on any atom is -0.318 e. The monoisotopic (exact) mass is 274 g/mol. The zero-order chi connectivity index (χ0) is 12.5. The topological polar surface area (TPSA) is 49.4 Å². The normalized spacial score (nSPS) is 18.9. The molecule has 1 aromatic heterocycles. The van der Waals surface area contributed by atoms with Crippen LogP contribution in [0.3, 0.4) is 0 Å². The van der Waals surface area contributed by atoms with Crippen LogP contribution in [0.25, 0.3) is 0 Å². The van der Waals surface area contributed by atoms with Crippen molar-refractivity contribution in [1.82, 2.24) is 9.62 Å². The smallest absolute Gasteiger partial charge is 0.218 e. The molecule has 6 heteroatoms. The number of nitrogens with zero attached hydrogens (tertiary/aromatic N) is 1. The van der Waals surface area contributed by atoms with E-state index in [9.17, 15) is 8.42 Å². The van der Waals surface area contributed by atoms with Crippen LogP contribution in [-0.4, -0.2) is 38.1 Å². The van der Waals surface area contributed by atoms with Crippen molar-refractivity contribution < 1.29 is 8.42 Å². The molecule has 0 aliphatic carbocycles. The summed E-state index contributed by atoms with van der Waals surface area (Å²) in [6, 6.07) is 2.03. The van der Waals surface area contributed by atoms with E-state index in [4.69, 9.17) is 0 Å². The molecule has 96 valence electrons. The maximum Gasteiger partial charge on any atom is 0.218 e. The zero-order valence-electron chi connectivity index (χ0n) is 10.1. The van der Waals surface area contributed by atoms with E-state index >= 15 is 0 Å². The van der Waals surface area contributed by atoms with E-state index in [0.29, 0.717) is 19.6 Å². The number of hydrogen-bond acceptors (Lipinski definition) is 4. The molecular weight excluding hydrogens is 256 g/mol. The summed E-state index contributed by atoms with van der Waals surface area (Å²) >= 11 is 1.72. The van der Waals surface area contributed by atoms with Crippen LogP contribution < -0.4 is 5.32 Å². The molecule has 0 aromatic carbocycles. The Morgan fingerprint density at radius 3 is 3.06 bits per heavy atom. The van der Waals surface area contributed by atoms with Crippen LogP contribution in [0, 0.1) is 0 Å². The first-order chi connectivity index (χ1) is 8.05. The van der Waals surface area contributed by atoms with Crippen molar-refractivity contribution in [3.05, 3.63) is 21.9 Å². The maximum atomic E-state index is 12.3. The van der Waals surface area contributed by atoms with Gasteiger partial charge in [-0.3, -0.25) is 0 Å². The van der Waals surface area contributed by atoms with Gasteiger partial charge in [-0.25, -0.2) is 8.42 Å². The summed E-state index contributed by atoms with van der Waals surface area (Å²) in [4.78, 5) is 1.33. The first-order valence-electron chi connectivity index (χ1n) is 5.74. The van der Waals surface area contributed by atoms with Crippen molar-refractivity contribution in [3.8, 4) is 0 Å². The van der Waals surface area contributed by atoms with Crippen molar-refractivity contribution in [3.63, 3.8) is 0 Å². The lowest BCUT2D eigenvalue weighted by molar-refractivity contribution is 0.387. The Bertz CT molecular complexity index is 481. The number of thiophene rings is 1. The number of nitrogens with one attached hydrogen (secondary N) is 1. The highest BCUT2D eigenvalue weighted by molar-refractivity contribution is 7.89. The lowest BCUT2D eigenvalue weighted by Gasteiger charge is -2.28. The van der Waals surface area contributed by atoms with Gasteiger partial charge in [0.1, 0.15) is 0 Å². The predicted octanol–water partition coefficient (Wildman–Crippen LogP) is 1.04. The number of fused-ring (bicyclic) bond motifs is 1. The fourth-order valence-corrected chi connectivity index (χ4v) is 4.53. The van der Waals surface area contributed by atoms with Crippen LogP contribution in [0.4, 0.5) is 0 Å². The standard InChI is InChI=1S/C11H18N2O2S2/c1-9(7-12-2)17(14,15)13-5-3-11-10(8-13)4-6-16-11/h4,6,9,12H,3,5,7-8H2,1-2H3. The van der Waals surface area contributed by atoms with Gasteiger partial charge in [-0.1, -0.05) is 0 Å². The lowest BCUT2D eigenvalue weighted by Crippen LogP contribution is -2.43. The Labute approximate surface area is 107 Å². The molecule has 0 saturated heterocycles. The van der Waals surface area contributed by atoms with Crippen LogP contribution in [0.5, 0.6) is 0 Å². The second kappa shape index (κ2) is 5.06. The Morgan fingerprint density at radius 1 is 1.59 bits per heavy atom. The highest BCUT2D eigenvalue weighted by Gasteiger charge is 2.31. The molecule has 0 amide bonds. The molecule has 4 nitrogen and oxygen atoms in total. The summed E-state index contributed by atoms with van der Waals surface area (Å²) in [5.41, 5.74) is 1.17. The van der Waals surface area contributed by atoms with Crippen LogP contribution in [-0.2, 0) is 23.0 Å². The van der Waals surface area contributed by atoms with E-state index in [1.165, 1.54) is 10.4 Å². The molecule has 0 radical (unpaired) electrons.